The van der Waals surface area contributed by atoms with E-state index in [1.165, 1.54) is 11.3 Å². The van der Waals surface area contributed by atoms with E-state index in [0.29, 0.717) is 22.5 Å². The van der Waals surface area contributed by atoms with Gasteiger partial charge in [-0.1, -0.05) is 25.2 Å². The van der Waals surface area contributed by atoms with Crippen LogP contribution in [0.2, 0.25) is 0 Å². The van der Waals surface area contributed by atoms with Gasteiger partial charge in [-0.3, -0.25) is 4.79 Å². The number of nitrogen functional groups attached to an aromatic ring is 1. The number of likely N-dealkylation sites (tertiary alicyclic amines) is 1. The first-order chi connectivity index (χ1) is 9.52. The van der Waals surface area contributed by atoms with Crippen LogP contribution in [0.4, 0.5) is 10.9 Å². The van der Waals surface area contributed by atoms with Crippen LogP contribution in [-0.4, -0.2) is 46.6 Å². The average molecular weight is 298 g/mol. The molecular formula is C13H22N4O2S. The van der Waals surface area contributed by atoms with Gasteiger partial charge in [0, 0.05) is 13.1 Å². The summed E-state index contributed by atoms with van der Waals surface area (Å²) in [6, 6.07) is -0.0870. The zero-order valence-corrected chi connectivity index (χ0v) is 12.7. The van der Waals surface area contributed by atoms with E-state index in [1.54, 1.807) is 4.90 Å². The zero-order valence-electron chi connectivity index (χ0n) is 11.9. The molecule has 1 aromatic heterocycles. The van der Waals surface area contributed by atoms with E-state index < -0.39 is 0 Å². The Kier molecular flexibility index (Phi) is 4.82. The molecule has 112 valence electrons. The monoisotopic (exact) mass is 298 g/mol. The number of thiazole rings is 1. The second-order valence-electron chi connectivity index (χ2n) is 5.49. The van der Waals surface area contributed by atoms with Gasteiger partial charge in [0.2, 0.25) is 0 Å². The standard InChI is InChI=1S/C13H22N4O2S/c1-8(2)6-15-13-16-11(14)10(20-13)12(19)17-5-3-4-9(17)7-18/h8-9,18H,3-7,14H2,1-2H3,(H,15,16). The highest BCUT2D eigenvalue weighted by atomic mass is 32.1. The Labute approximate surface area is 123 Å². The lowest BCUT2D eigenvalue weighted by Gasteiger charge is -2.22. The summed E-state index contributed by atoms with van der Waals surface area (Å²) in [7, 11) is 0. The van der Waals surface area contributed by atoms with Gasteiger partial charge in [-0.15, -0.1) is 0 Å². The van der Waals surface area contributed by atoms with Crippen LogP contribution in [0.5, 0.6) is 0 Å². The molecule has 7 heteroatoms. The fourth-order valence-corrected chi connectivity index (χ4v) is 3.12. The molecule has 2 rings (SSSR count). The van der Waals surface area contributed by atoms with Gasteiger partial charge >= 0.3 is 0 Å². The molecule has 1 aromatic rings. The Morgan fingerprint density at radius 1 is 1.65 bits per heavy atom. The van der Waals surface area contributed by atoms with Crippen LogP contribution in [0.25, 0.3) is 0 Å². The number of nitrogens with one attached hydrogen (secondary N) is 1. The van der Waals surface area contributed by atoms with Crippen LogP contribution in [0.3, 0.4) is 0 Å². The number of amides is 1. The van der Waals surface area contributed by atoms with Gasteiger partial charge in [0.05, 0.1) is 12.6 Å². The fraction of sp³-hybridized carbons (Fsp3) is 0.692. The van der Waals surface area contributed by atoms with Crippen LogP contribution in [0.1, 0.15) is 36.4 Å². The van der Waals surface area contributed by atoms with Crippen molar-refractivity contribution in [3.05, 3.63) is 4.88 Å². The second-order valence-corrected chi connectivity index (χ2v) is 6.48. The Bertz CT molecular complexity index is 475. The smallest absolute Gasteiger partial charge is 0.268 e. The number of carbonyl (C=O) groups is 1. The van der Waals surface area contributed by atoms with E-state index >= 15 is 0 Å². The summed E-state index contributed by atoms with van der Waals surface area (Å²) in [4.78, 5) is 18.8. The molecule has 0 aromatic carbocycles. The molecule has 0 spiro atoms. The molecule has 1 amide bonds. The lowest BCUT2D eigenvalue weighted by molar-refractivity contribution is 0.0683. The van der Waals surface area contributed by atoms with Gasteiger partial charge in [0.15, 0.2) is 5.13 Å². The van der Waals surface area contributed by atoms with Crippen molar-refractivity contribution in [1.82, 2.24) is 9.88 Å². The first kappa shape index (κ1) is 15.1. The molecular weight excluding hydrogens is 276 g/mol. The molecule has 1 atom stereocenters. The highest BCUT2D eigenvalue weighted by Gasteiger charge is 2.31. The molecule has 1 aliphatic rings. The number of aromatic nitrogens is 1. The van der Waals surface area contributed by atoms with Gasteiger partial charge in [0.1, 0.15) is 10.7 Å². The molecule has 0 saturated carbocycles. The molecule has 1 unspecified atom stereocenters. The van der Waals surface area contributed by atoms with Crippen molar-refractivity contribution < 1.29 is 9.90 Å². The van der Waals surface area contributed by atoms with Crippen molar-refractivity contribution in [1.29, 1.82) is 0 Å². The normalized spacial score (nSPS) is 18.8. The molecule has 1 saturated heterocycles. The maximum absolute atomic E-state index is 12.5. The van der Waals surface area contributed by atoms with Crippen LogP contribution in [0.15, 0.2) is 0 Å². The number of rotatable bonds is 5. The van der Waals surface area contributed by atoms with E-state index in [4.69, 9.17) is 5.73 Å². The Hall–Kier alpha value is -1.34. The number of hydrogen-bond acceptors (Lipinski definition) is 6. The summed E-state index contributed by atoms with van der Waals surface area (Å²) in [5.41, 5.74) is 5.85. The minimum Gasteiger partial charge on any atom is -0.394 e. The molecule has 2 heterocycles. The quantitative estimate of drug-likeness (QED) is 0.764. The predicted molar refractivity (Wildman–Crippen MR) is 81.0 cm³/mol. The van der Waals surface area contributed by atoms with Crippen LogP contribution in [0, 0.1) is 5.92 Å². The largest absolute Gasteiger partial charge is 0.394 e. The van der Waals surface area contributed by atoms with E-state index in [1.807, 2.05) is 0 Å². The maximum Gasteiger partial charge on any atom is 0.268 e. The molecule has 1 aliphatic heterocycles. The van der Waals surface area contributed by atoms with Crippen molar-refractivity contribution in [2.45, 2.75) is 32.7 Å². The van der Waals surface area contributed by atoms with Crippen molar-refractivity contribution in [3.8, 4) is 0 Å². The van der Waals surface area contributed by atoms with Gasteiger partial charge in [0.25, 0.3) is 5.91 Å². The topological polar surface area (TPSA) is 91.5 Å². The molecule has 6 nitrogen and oxygen atoms in total. The second kappa shape index (κ2) is 6.41. The van der Waals surface area contributed by atoms with Gasteiger partial charge < -0.3 is 21.1 Å². The van der Waals surface area contributed by atoms with Crippen molar-refractivity contribution >= 4 is 28.2 Å². The van der Waals surface area contributed by atoms with Gasteiger partial charge in [-0.2, -0.15) is 0 Å². The van der Waals surface area contributed by atoms with Gasteiger partial charge in [-0.05, 0) is 18.8 Å². The third-order valence-electron chi connectivity index (χ3n) is 3.36. The van der Waals surface area contributed by atoms with Crippen molar-refractivity contribution in [3.63, 3.8) is 0 Å². The summed E-state index contributed by atoms with van der Waals surface area (Å²) >= 11 is 1.29. The van der Waals surface area contributed by atoms with Crippen LogP contribution >= 0.6 is 11.3 Å². The number of aliphatic hydroxyl groups excluding tert-OH is 1. The maximum atomic E-state index is 12.5. The van der Waals surface area contributed by atoms with Crippen LogP contribution < -0.4 is 11.1 Å². The molecule has 0 aliphatic carbocycles. The number of carbonyl (C=O) groups excluding carboxylic acids is 1. The number of anilines is 2. The lowest BCUT2D eigenvalue weighted by Crippen LogP contribution is -2.37. The van der Waals surface area contributed by atoms with E-state index in [2.05, 4.69) is 24.1 Å². The lowest BCUT2D eigenvalue weighted by atomic mass is 10.2. The Morgan fingerprint density at radius 3 is 3.05 bits per heavy atom. The fourth-order valence-electron chi connectivity index (χ4n) is 2.28. The van der Waals surface area contributed by atoms with E-state index in [-0.39, 0.29) is 24.4 Å². The molecule has 1 fully saturated rings. The number of nitrogens with two attached hydrogens (primary N) is 1. The summed E-state index contributed by atoms with van der Waals surface area (Å²) in [5.74, 6) is 0.653. The molecule has 20 heavy (non-hydrogen) atoms. The average Bonchev–Trinajstić information content (AvgIpc) is 3.01. The summed E-state index contributed by atoms with van der Waals surface area (Å²) in [5, 5.41) is 13.2. The Balaban J connectivity index is 2.10. The number of aliphatic hydroxyl groups is 1. The highest BCUT2D eigenvalue weighted by molar-refractivity contribution is 7.18. The van der Waals surface area contributed by atoms with E-state index in [0.717, 1.165) is 19.4 Å². The summed E-state index contributed by atoms with van der Waals surface area (Å²) < 4.78 is 0. The predicted octanol–water partition coefficient (Wildman–Crippen LogP) is 1.39. The minimum atomic E-state index is -0.117. The third-order valence-corrected chi connectivity index (χ3v) is 4.37. The summed E-state index contributed by atoms with van der Waals surface area (Å²) in [6.45, 7) is 5.68. The first-order valence-electron chi connectivity index (χ1n) is 6.95. The molecule has 0 bridgehead atoms. The number of hydrogen-bond donors (Lipinski definition) is 3. The summed E-state index contributed by atoms with van der Waals surface area (Å²) in [6.07, 6.45) is 1.77. The minimum absolute atomic E-state index is 0.00288. The van der Waals surface area contributed by atoms with Crippen molar-refractivity contribution in [2.75, 3.05) is 30.7 Å². The Morgan fingerprint density at radius 2 is 2.40 bits per heavy atom. The SMILES string of the molecule is CC(C)CNc1nc(N)c(C(=O)N2CCCC2CO)s1. The zero-order chi connectivity index (χ0) is 14.7. The van der Waals surface area contributed by atoms with Crippen LogP contribution in [-0.2, 0) is 0 Å². The van der Waals surface area contributed by atoms with Gasteiger partial charge in [-0.25, -0.2) is 4.98 Å². The van der Waals surface area contributed by atoms with E-state index in [9.17, 15) is 9.90 Å². The van der Waals surface area contributed by atoms with Crippen molar-refractivity contribution in [2.24, 2.45) is 5.92 Å². The number of nitrogens with zero attached hydrogens (tertiary/aromatic N) is 2. The molecule has 0 radical (unpaired) electrons. The molecule has 4 N–H and O–H groups in total. The first-order valence-corrected chi connectivity index (χ1v) is 7.76. The highest BCUT2D eigenvalue weighted by Crippen LogP contribution is 2.29. The third kappa shape index (κ3) is 3.21.